The summed E-state index contributed by atoms with van der Waals surface area (Å²) in [5.41, 5.74) is -6.29. The van der Waals surface area contributed by atoms with Gasteiger partial charge in [-0.15, -0.1) is 0 Å². The van der Waals surface area contributed by atoms with Crippen LogP contribution in [0, 0.1) is 0 Å². The van der Waals surface area contributed by atoms with Gasteiger partial charge in [-0.3, -0.25) is 0 Å². The average Bonchev–Trinajstić information content (AvgIpc) is 2.40. The summed E-state index contributed by atoms with van der Waals surface area (Å²) in [4.78, 5) is 0. The summed E-state index contributed by atoms with van der Waals surface area (Å²) < 4.78 is 81.7. The lowest BCUT2D eigenvalue weighted by Crippen LogP contribution is -2.55. The minimum atomic E-state index is -5.67. The number of aromatic hydroxyl groups is 1. The first-order chi connectivity index (χ1) is 10.5. The minimum absolute atomic E-state index is 0.349. The summed E-state index contributed by atoms with van der Waals surface area (Å²) in [7, 11) is 0. The summed E-state index contributed by atoms with van der Waals surface area (Å²) in [6, 6.07) is 2.72. The second-order valence-electron chi connectivity index (χ2n) is 5.11. The van der Waals surface area contributed by atoms with Crippen LogP contribution in [0.3, 0.4) is 0 Å². The zero-order valence-corrected chi connectivity index (χ0v) is 11.5. The summed E-state index contributed by atoms with van der Waals surface area (Å²) in [5, 5.41) is 18.4. The Balaban J connectivity index is 2.77. The highest BCUT2D eigenvalue weighted by atomic mass is 19.4. The lowest BCUT2D eigenvalue weighted by Gasteiger charge is -2.39. The van der Waals surface area contributed by atoms with Gasteiger partial charge in [-0.05, 0) is 29.7 Å². The van der Waals surface area contributed by atoms with Gasteiger partial charge in [0.25, 0.3) is 0 Å². The molecule has 0 radical (unpaired) electrons. The van der Waals surface area contributed by atoms with Crippen LogP contribution < -0.4 is 0 Å². The van der Waals surface area contributed by atoms with E-state index in [0.717, 1.165) is 24.3 Å². The number of hydrogen-bond donors (Lipinski definition) is 2. The van der Waals surface area contributed by atoms with Crippen LogP contribution in [-0.2, 0) is 5.41 Å². The number of halogens is 6. The first kappa shape index (κ1) is 17.4. The van der Waals surface area contributed by atoms with E-state index >= 15 is 0 Å². The third-order valence-corrected chi connectivity index (χ3v) is 3.66. The van der Waals surface area contributed by atoms with Crippen LogP contribution in [0.15, 0.2) is 48.1 Å². The molecular weight excluding hydrogens is 326 g/mol. The Kier molecular flexibility index (Phi) is 4.23. The van der Waals surface area contributed by atoms with Crippen molar-refractivity contribution in [2.45, 2.75) is 30.3 Å². The molecule has 1 unspecified atom stereocenters. The van der Waals surface area contributed by atoms with Gasteiger partial charge in [0.2, 0.25) is 5.41 Å². The molecule has 2 rings (SSSR count). The Labute approximate surface area is 127 Å². The van der Waals surface area contributed by atoms with Crippen molar-refractivity contribution < 1.29 is 36.6 Å². The van der Waals surface area contributed by atoms with E-state index in [4.69, 9.17) is 5.11 Å². The molecule has 0 aromatic heterocycles. The van der Waals surface area contributed by atoms with Crippen LogP contribution in [0.5, 0.6) is 5.75 Å². The highest BCUT2D eigenvalue weighted by Crippen LogP contribution is 2.57. The number of allylic oxidation sites excluding steroid dienone is 2. The summed E-state index contributed by atoms with van der Waals surface area (Å²) in [6.07, 6.45) is -10.5. The molecule has 1 atom stereocenters. The molecule has 2 nitrogen and oxygen atoms in total. The number of benzene rings is 1. The van der Waals surface area contributed by atoms with Crippen LogP contribution >= 0.6 is 0 Å². The normalized spacial score (nSPS) is 19.6. The molecule has 1 aromatic rings. The van der Waals surface area contributed by atoms with E-state index in [1.54, 1.807) is 0 Å². The monoisotopic (exact) mass is 338 g/mol. The molecule has 0 heterocycles. The minimum Gasteiger partial charge on any atom is -0.508 e. The predicted molar refractivity (Wildman–Crippen MR) is 69.7 cm³/mol. The van der Waals surface area contributed by atoms with Crippen molar-refractivity contribution in [3.05, 3.63) is 53.6 Å². The Morgan fingerprint density at radius 1 is 0.913 bits per heavy atom. The number of hydrogen-bond acceptors (Lipinski definition) is 2. The molecule has 1 aliphatic rings. The molecule has 0 aliphatic heterocycles. The van der Waals surface area contributed by atoms with E-state index in [0.29, 0.717) is 18.2 Å². The Hall–Kier alpha value is -1.96. The van der Waals surface area contributed by atoms with Gasteiger partial charge in [-0.1, -0.05) is 30.4 Å². The fraction of sp³-hybridized carbons (Fsp3) is 0.333. The van der Waals surface area contributed by atoms with Crippen LogP contribution in [-0.4, -0.2) is 28.7 Å². The molecule has 1 aromatic carbocycles. The van der Waals surface area contributed by atoms with Crippen molar-refractivity contribution in [2.75, 3.05) is 0 Å². The molecule has 0 spiro atoms. The quantitative estimate of drug-likeness (QED) is 0.800. The van der Waals surface area contributed by atoms with Gasteiger partial charge >= 0.3 is 12.4 Å². The Bertz CT molecular complexity index is 611. The first-order valence-corrected chi connectivity index (χ1v) is 6.50. The van der Waals surface area contributed by atoms with Gasteiger partial charge in [-0.25, -0.2) is 0 Å². The zero-order valence-electron chi connectivity index (χ0n) is 11.5. The largest absolute Gasteiger partial charge is 0.508 e. The molecule has 2 N–H and O–H groups in total. The number of phenols is 1. The van der Waals surface area contributed by atoms with Gasteiger partial charge in [0.15, 0.2) is 0 Å². The van der Waals surface area contributed by atoms with Crippen LogP contribution in [0.25, 0.3) is 0 Å². The summed E-state index contributed by atoms with van der Waals surface area (Å²) in [5.74, 6) is -0.449. The van der Waals surface area contributed by atoms with E-state index in [1.807, 2.05) is 0 Å². The van der Waals surface area contributed by atoms with Crippen molar-refractivity contribution in [1.29, 1.82) is 0 Å². The number of rotatable bonds is 2. The van der Waals surface area contributed by atoms with E-state index in [1.165, 1.54) is 0 Å². The maximum Gasteiger partial charge on any atom is 0.411 e. The summed E-state index contributed by atoms with van der Waals surface area (Å²) >= 11 is 0. The fourth-order valence-corrected chi connectivity index (χ4v) is 2.58. The van der Waals surface area contributed by atoms with Crippen molar-refractivity contribution >= 4 is 0 Å². The number of aliphatic hydroxyl groups is 1. The van der Waals surface area contributed by atoms with E-state index in [9.17, 15) is 31.4 Å². The average molecular weight is 338 g/mol. The second-order valence-corrected chi connectivity index (χ2v) is 5.11. The zero-order chi connectivity index (χ0) is 17.5. The van der Waals surface area contributed by atoms with Gasteiger partial charge in [0, 0.05) is 0 Å². The second kappa shape index (κ2) is 5.59. The molecule has 23 heavy (non-hydrogen) atoms. The molecule has 0 amide bonds. The highest BCUT2D eigenvalue weighted by molar-refractivity contribution is 5.48. The molecule has 1 aliphatic carbocycles. The van der Waals surface area contributed by atoms with Crippen LogP contribution in [0.1, 0.15) is 12.0 Å². The third kappa shape index (κ3) is 2.83. The summed E-state index contributed by atoms with van der Waals surface area (Å²) in [6.45, 7) is 0. The Morgan fingerprint density at radius 3 is 1.83 bits per heavy atom. The smallest absolute Gasteiger partial charge is 0.411 e. The first-order valence-electron chi connectivity index (χ1n) is 6.50. The SMILES string of the molecule is Oc1ccc(C(C2=CCC(O)C=C2)(C(F)(F)F)C(F)(F)F)cc1. The lowest BCUT2D eigenvalue weighted by molar-refractivity contribution is -0.289. The number of phenolic OH excluding ortho intramolecular Hbond substituents is 1. The molecule has 126 valence electrons. The number of alkyl halides is 6. The molecule has 0 fully saturated rings. The van der Waals surface area contributed by atoms with Gasteiger partial charge in [0.1, 0.15) is 5.75 Å². The van der Waals surface area contributed by atoms with Gasteiger partial charge in [0.05, 0.1) is 6.10 Å². The van der Waals surface area contributed by atoms with Gasteiger partial charge < -0.3 is 10.2 Å². The fourth-order valence-electron chi connectivity index (χ4n) is 2.58. The molecular formula is C15H12F6O2. The Morgan fingerprint density at radius 2 is 1.43 bits per heavy atom. The maximum absolute atomic E-state index is 13.6. The molecule has 0 bridgehead atoms. The van der Waals surface area contributed by atoms with E-state index in [2.05, 4.69) is 0 Å². The molecule has 0 saturated heterocycles. The van der Waals surface area contributed by atoms with E-state index in [-0.39, 0.29) is 6.42 Å². The third-order valence-electron chi connectivity index (χ3n) is 3.66. The van der Waals surface area contributed by atoms with Gasteiger partial charge in [-0.2, -0.15) is 26.3 Å². The highest BCUT2D eigenvalue weighted by Gasteiger charge is 2.73. The van der Waals surface area contributed by atoms with Crippen LogP contribution in [0.4, 0.5) is 26.3 Å². The standard InChI is InChI=1S/C15H12F6O2/c16-14(17,18)13(15(19,20)21,9-1-5-11(22)6-2-9)10-3-7-12(23)8-4-10/h1-7,12,22-23H,8H2. The van der Waals surface area contributed by atoms with Crippen molar-refractivity contribution in [1.82, 2.24) is 0 Å². The molecule has 0 saturated carbocycles. The lowest BCUT2D eigenvalue weighted by atomic mass is 9.71. The van der Waals surface area contributed by atoms with Crippen molar-refractivity contribution in [2.24, 2.45) is 0 Å². The van der Waals surface area contributed by atoms with E-state index < -0.39 is 40.8 Å². The predicted octanol–water partition coefficient (Wildman–Crippen LogP) is 4.00. The molecule has 8 heteroatoms. The van der Waals surface area contributed by atoms with Crippen molar-refractivity contribution in [3.8, 4) is 5.75 Å². The number of aliphatic hydroxyl groups excluding tert-OH is 1. The van der Waals surface area contributed by atoms with Crippen LogP contribution in [0.2, 0.25) is 0 Å². The topological polar surface area (TPSA) is 40.5 Å². The maximum atomic E-state index is 13.6. The van der Waals surface area contributed by atoms with Crippen molar-refractivity contribution in [3.63, 3.8) is 0 Å².